The highest BCUT2D eigenvalue weighted by atomic mass is 35.5. The van der Waals surface area contributed by atoms with Crippen LogP contribution in [-0.2, 0) is 0 Å². The van der Waals surface area contributed by atoms with Gasteiger partial charge in [-0.05, 0) is 43.5 Å². The fourth-order valence-corrected chi connectivity index (χ4v) is 3.24. The predicted molar refractivity (Wildman–Crippen MR) is 102 cm³/mol. The van der Waals surface area contributed by atoms with Crippen molar-refractivity contribution in [2.75, 3.05) is 18.0 Å². The molecule has 1 aromatic carbocycles. The Morgan fingerprint density at radius 1 is 0.880 bits per heavy atom. The van der Waals surface area contributed by atoms with E-state index >= 15 is 0 Å². The van der Waals surface area contributed by atoms with Crippen LogP contribution in [0, 0.1) is 0 Å². The minimum atomic E-state index is 0.709. The summed E-state index contributed by atoms with van der Waals surface area (Å²) in [6, 6.07) is 13.8. The molecule has 2 aromatic heterocycles. The second kappa shape index (κ2) is 7.19. The van der Waals surface area contributed by atoms with Crippen LogP contribution in [0.5, 0.6) is 0 Å². The summed E-state index contributed by atoms with van der Waals surface area (Å²) in [4.78, 5) is 16.2. The first kappa shape index (κ1) is 16.0. The molecule has 3 heterocycles. The van der Waals surface area contributed by atoms with Gasteiger partial charge in [-0.2, -0.15) is 0 Å². The molecule has 0 amide bonds. The maximum Gasteiger partial charge on any atom is 0.163 e. The van der Waals surface area contributed by atoms with E-state index in [1.807, 2.05) is 36.4 Å². The molecular weight excluding hydrogens is 332 g/mol. The second-order valence-corrected chi connectivity index (χ2v) is 6.67. The van der Waals surface area contributed by atoms with Gasteiger partial charge in [0.1, 0.15) is 5.82 Å². The van der Waals surface area contributed by atoms with E-state index in [0.29, 0.717) is 5.82 Å². The number of benzene rings is 1. The quantitative estimate of drug-likeness (QED) is 0.677. The van der Waals surface area contributed by atoms with E-state index in [0.717, 1.165) is 40.8 Å². The van der Waals surface area contributed by atoms with E-state index in [1.54, 1.807) is 12.4 Å². The van der Waals surface area contributed by atoms with Gasteiger partial charge in [-0.25, -0.2) is 9.97 Å². The maximum absolute atomic E-state index is 6.03. The average Bonchev–Trinajstić information content (AvgIpc) is 2.69. The Morgan fingerprint density at radius 2 is 1.68 bits per heavy atom. The molecule has 1 aliphatic rings. The molecule has 1 aliphatic heterocycles. The third-order valence-corrected chi connectivity index (χ3v) is 4.70. The number of halogens is 1. The van der Waals surface area contributed by atoms with Crippen molar-refractivity contribution in [2.24, 2.45) is 0 Å². The number of piperidine rings is 1. The molecule has 0 atom stereocenters. The van der Waals surface area contributed by atoms with Crippen molar-refractivity contribution in [3.8, 4) is 22.6 Å². The molecular formula is C20H19ClN4. The van der Waals surface area contributed by atoms with Gasteiger partial charge in [-0.15, -0.1) is 0 Å². The van der Waals surface area contributed by atoms with Crippen LogP contribution in [0.4, 0.5) is 5.82 Å². The fraction of sp³-hybridized carbons (Fsp3) is 0.250. The van der Waals surface area contributed by atoms with Crippen molar-refractivity contribution in [3.05, 3.63) is 59.9 Å². The number of rotatable bonds is 3. The Morgan fingerprint density at radius 3 is 2.40 bits per heavy atom. The third-order valence-electron chi connectivity index (χ3n) is 4.45. The Bertz CT molecular complexity index is 843. The normalized spacial score (nSPS) is 14.5. The molecule has 126 valence electrons. The first-order valence-electron chi connectivity index (χ1n) is 8.60. The summed E-state index contributed by atoms with van der Waals surface area (Å²) in [7, 11) is 0. The number of pyridine rings is 1. The summed E-state index contributed by atoms with van der Waals surface area (Å²) in [6.07, 6.45) is 7.28. The Kier molecular flexibility index (Phi) is 4.61. The molecule has 0 radical (unpaired) electrons. The highest BCUT2D eigenvalue weighted by molar-refractivity contribution is 6.30. The van der Waals surface area contributed by atoms with Crippen LogP contribution in [0.1, 0.15) is 19.3 Å². The minimum absolute atomic E-state index is 0.709. The van der Waals surface area contributed by atoms with E-state index in [-0.39, 0.29) is 0 Å². The van der Waals surface area contributed by atoms with E-state index < -0.39 is 0 Å². The van der Waals surface area contributed by atoms with E-state index in [1.165, 1.54) is 19.3 Å². The van der Waals surface area contributed by atoms with Crippen LogP contribution in [0.25, 0.3) is 22.6 Å². The van der Waals surface area contributed by atoms with Crippen LogP contribution in [0.2, 0.25) is 5.02 Å². The van der Waals surface area contributed by atoms with Crippen molar-refractivity contribution in [1.82, 2.24) is 15.0 Å². The summed E-state index contributed by atoms with van der Waals surface area (Å²) >= 11 is 6.03. The lowest BCUT2D eigenvalue weighted by Gasteiger charge is -2.28. The zero-order valence-corrected chi connectivity index (χ0v) is 14.7. The Hall–Kier alpha value is -2.46. The molecule has 4 nitrogen and oxygen atoms in total. The molecule has 0 spiro atoms. The molecule has 0 unspecified atom stereocenters. The average molecular weight is 351 g/mol. The molecule has 4 rings (SSSR count). The summed E-state index contributed by atoms with van der Waals surface area (Å²) in [6.45, 7) is 2.09. The monoisotopic (exact) mass is 350 g/mol. The minimum Gasteiger partial charge on any atom is -0.356 e. The van der Waals surface area contributed by atoms with Gasteiger partial charge in [0.25, 0.3) is 0 Å². The maximum atomic E-state index is 6.03. The first-order chi connectivity index (χ1) is 12.3. The van der Waals surface area contributed by atoms with Gasteiger partial charge in [0, 0.05) is 47.7 Å². The highest BCUT2D eigenvalue weighted by Gasteiger charge is 2.16. The molecule has 1 saturated heterocycles. The van der Waals surface area contributed by atoms with Crippen molar-refractivity contribution in [1.29, 1.82) is 0 Å². The Labute approximate surface area is 152 Å². The van der Waals surface area contributed by atoms with Gasteiger partial charge < -0.3 is 4.90 Å². The van der Waals surface area contributed by atoms with Crippen LogP contribution < -0.4 is 4.90 Å². The van der Waals surface area contributed by atoms with Crippen molar-refractivity contribution >= 4 is 17.4 Å². The van der Waals surface area contributed by atoms with Crippen molar-refractivity contribution in [2.45, 2.75) is 19.3 Å². The highest BCUT2D eigenvalue weighted by Crippen LogP contribution is 2.28. The van der Waals surface area contributed by atoms with Crippen LogP contribution in [0.15, 0.2) is 54.9 Å². The van der Waals surface area contributed by atoms with Gasteiger partial charge in [0.2, 0.25) is 0 Å². The van der Waals surface area contributed by atoms with Gasteiger partial charge in [-0.3, -0.25) is 4.98 Å². The largest absolute Gasteiger partial charge is 0.356 e. The smallest absolute Gasteiger partial charge is 0.163 e. The lowest BCUT2D eigenvalue weighted by Crippen LogP contribution is -2.30. The van der Waals surface area contributed by atoms with Crippen LogP contribution in [-0.4, -0.2) is 28.0 Å². The summed E-state index contributed by atoms with van der Waals surface area (Å²) in [5.74, 6) is 1.69. The number of hydrogen-bond donors (Lipinski definition) is 0. The van der Waals surface area contributed by atoms with E-state index in [2.05, 4.69) is 16.0 Å². The molecule has 3 aromatic rings. The van der Waals surface area contributed by atoms with Crippen LogP contribution in [0.3, 0.4) is 0 Å². The van der Waals surface area contributed by atoms with E-state index in [4.69, 9.17) is 21.6 Å². The lowest BCUT2D eigenvalue weighted by atomic mass is 10.1. The molecule has 0 aliphatic carbocycles. The molecule has 0 saturated carbocycles. The molecule has 1 fully saturated rings. The summed E-state index contributed by atoms with van der Waals surface area (Å²) in [5, 5.41) is 0.724. The number of anilines is 1. The molecule has 0 N–H and O–H groups in total. The first-order valence-corrected chi connectivity index (χ1v) is 8.98. The summed E-state index contributed by atoms with van der Waals surface area (Å²) in [5.41, 5.74) is 2.87. The summed E-state index contributed by atoms with van der Waals surface area (Å²) < 4.78 is 0. The number of aromatic nitrogens is 3. The SMILES string of the molecule is Clc1ccc(-c2cc(N3CCCCC3)nc(-c3cccnc3)n2)cc1. The van der Waals surface area contributed by atoms with Gasteiger partial charge in [0.05, 0.1) is 5.69 Å². The fourth-order valence-electron chi connectivity index (χ4n) is 3.11. The predicted octanol–water partition coefficient (Wildman–Crippen LogP) is 4.85. The van der Waals surface area contributed by atoms with Gasteiger partial charge in [-0.1, -0.05) is 23.7 Å². The standard InChI is InChI=1S/C20H19ClN4/c21-17-8-6-15(7-9-17)18-13-19(25-11-2-1-3-12-25)24-20(23-18)16-5-4-10-22-14-16/h4-10,13-14H,1-3,11-12H2. The second-order valence-electron chi connectivity index (χ2n) is 6.23. The van der Waals surface area contributed by atoms with Gasteiger partial charge >= 0.3 is 0 Å². The van der Waals surface area contributed by atoms with E-state index in [9.17, 15) is 0 Å². The lowest BCUT2D eigenvalue weighted by molar-refractivity contribution is 0.573. The topological polar surface area (TPSA) is 41.9 Å². The molecule has 5 heteroatoms. The molecule has 25 heavy (non-hydrogen) atoms. The van der Waals surface area contributed by atoms with Crippen LogP contribution >= 0.6 is 11.6 Å². The Balaban J connectivity index is 1.81. The number of nitrogens with zero attached hydrogens (tertiary/aromatic N) is 4. The van der Waals surface area contributed by atoms with Gasteiger partial charge in [0.15, 0.2) is 5.82 Å². The zero-order chi connectivity index (χ0) is 17.1. The third kappa shape index (κ3) is 3.64. The number of hydrogen-bond acceptors (Lipinski definition) is 4. The van der Waals surface area contributed by atoms with Crippen molar-refractivity contribution < 1.29 is 0 Å². The molecule has 0 bridgehead atoms. The van der Waals surface area contributed by atoms with Crippen molar-refractivity contribution in [3.63, 3.8) is 0 Å². The zero-order valence-electron chi connectivity index (χ0n) is 13.9.